The van der Waals surface area contributed by atoms with Gasteiger partial charge in [-0.2, -0.15) is 5.10 Å². The van der Waals surface area contributed by atoms with Crippen molar-refractivity contribution >= 4 is 17.5 Å². The van der Waals surface area contributed by atoms with Gasteiger partial charge in [-0.3, -0.25) is 9.48 Å². The average molecular weight is 348 g/mol. The van der Waals surface area contributed by atoms with Crippen molar-refractivity contribution in [1.29, 1.82) is 0 Å². The molecule has 4 rings (SSSR count). The SMILES string of the molecule is O=C(c1cc(Cl)c2c(c1)OCO2)N1CCCC[C@H]1Cn1cccn1. The molecule has 2 aliphatic heterocycles. The third kappa shape index (κ3) is 2.82. The van der Waals surface area contributed by atoms with Crippen LogP contribution in [0.2, 0.25) is 5.02 Å². The summed E-state index contributed by atoms with van der Waals surface area (Å²) in [7, 11) is 0. The molecule has 1 aromatic carbocycles. The second-order valence-corrected chi connectivity index (χ2v) is 6.48. The molecule has 0 radical (unpaired) electrons. The molecule has 0 aliphatic carbocycles. The highest BCUT2D eigenvalue weighted by Gasteiger charge is 2.29. The van der Waals surface area contributed by atoms with E-state index in [2.05, 4.69) is 5.10 Å². The fourth-order valence-electron chi connectivity index (χ4n) is 3.34. The van der Waals surface area contributed by atoms with Crippen LogP contribution in [0.3, 0.4) is 0 Å². The molecule has 2 aromatic rings. The number of amides is 1. The summed E-state index contributed by atoms with van der Waals surface area (Å²) >= 11 is 6.22. The summed E-state index contributed by atoms with van der Waals surface area (Å²) < 4.78 is 12.6. The molecule has 0 spiro atoms. The molecule has 2 aliphatic rings. The van der Waals surface area contributed by atoms with Crippen LogP contribution in [-0.2, 0) is 6.54 Å². The molecule has 0 saturated carbocycles. The Kier molecular flexibility index (Phi) is 4.06. The van der Waals surface area contributed by atoms with Gasteiger partial charge in [-0.1, -0.05) is 11.6 Å². The van der Waals surface area contributed by atoms with Gasteiger partial charge in [-0.15, -0.1) is 0 Å². The number of likely N-dealkylation sites (tertiary alicyclic amines) is 1. The van der Waals surface area contributed by atoms with Crippen molar-refractivity contribution in [2.75, 3.05) is 13.3 Å². The van der Waals surface area contributed by atoms with Crippen LogP contribution in [0.1, 0.15) is 29.6 Å². The van der Waals surface area contributed by atoms with Crippen molar-refractivity contribution in [2.24, 2.45) is 0 Å². The molecule has 24 heavy (non-hydrogen) atoms. The maximum atomic E-state index is 13.0. The number of piperidine rings is 1. The lowest BCUT2D eigenvalue weighted by Crippen LogP contribution is -2.45. The van der Waals surface area contributed by atoms with Crippen molar-refractivity contribution < 1.29 is 14.3 Å². The van der Waals surface area contributed by atoms with Crippen LogP contribution in [0, 0.1) is 0 Å². The van der Waals surface area contributed by atoms with Gasteiger partial charge in [0.25, 0.3) is 5.91 Å². The molecule has 7 heteroatoms. The minimum atomic E-state index is -0.0212. The summed E-state index contributed by atoms with van der Waals surface area (Å²) in [5.74, 6) is 1.03. The second kappa shape index (κ2) is 6.36. The molecule has 1 aromatic heterocycles. The number of rotatable bonds is 3. The summed E-state index contributed by atoms with van der Waals surface area (Å²) in [4.78, 5) is 15.0. The molecule has 0 bridgehead atoms. The van der Waals surface area contributed by atoms with Gasteiger partial charge in [-0.05, 0) is 37.5 Å². The Bertz CT molecular complexity index is 748. The van der Waals surface area contributed by atoms with E-state index in [1.54, 1.807) is 18.3 Å². The maximum Gasteiger partial charge on any atom is 0.254 e. The maximum absolute atomic E-state index is 13.0. The van der Waals surface area contributed by atoms with Gasteiger partial charge in [0.1, 0.15) is 0 Å². The third-order valence-corrected chi connectivity index (χ3v) is 4.80. The first-order valence-corrected chi connectivity index (χ1v) is 8.48. The largest absolute Gasteiger partial charge is 0.454 e. The number of ether oxygens (including phenoxy) is 2. The Morgan fingerprint density at radius 2 is 2.25 bits per heavy atom. The first-order chi connectivity index (χ1) is 11.7. The topological polar surface area (TPSA) is 56.6 Å². The number of aromatic nitrogens is 2. The Morgan fingerprint density at radius 1 is 1.33 bits per heavy atom. The van der Waals surface area contributed by atoms with Crippen LogP contribution in [0.15, 0.2) is 30.6 Å². The molecule has 1 amide bonds. The van der Waals surface area contributed by atoms with Crippen molar-refractivity contribution in [1.82, 2.24) is 14.7 Å². The van der Waals surface area contributed by atoms with E-state index in [0.717, 1.165) is 25.8 Å². The van der Waals surface area contributed by atoms with Crippen molar-refractivity contribution in [3.8, 4) is 11.5 Å². The minimum absolute atomic E-state index is 0.0212. The highest BCUT2D eigenvalue weighted by Crippen LogP contribution is 2.40. The Labute approximate surface area is 144 Å². The van der Waals surface area contributed by atoms with Gasteiger partial charge < -0.3 is 14.4 Å². The van der Waals surface area contributed by atoms with Crippen LogP contribution >= 0.6 is 11.6 Å². The zero-order chi connectivity index (χ0) is 16.5. The van der Waals surface area contributed by atoms with E-state index in [1.165, 1.54) is 0 Å². The molecule has 3 heterocycles. The molecule has 0 unspecified atom stereocenters. The van der Waals surface area contributed by atoms with Gasteiger partial charge in [0.05, 0.1) is 17.6 Å². The average Bonchev–Trinajstić information content (AvgIpc) is 3.26. The van der Waals surface area contributed by atoms with E-state index < -0.39 is 0 Å². The van der Waals surface area contributed by atoms with Crippen molar-refractivity contribution in [3.05, 3.63) is 41.2 Å². The number of hydrogen-bond donors (Lipinski definition) is 0. The number of carbonyl (C=O) groups is 1. The lowest BCUT2D eigenvalue weighted by atomic mass is 10.0. The van der Waals surface area contributed by atoms with Crippen LogP contribution in [-0.4, -0.2) is 40.0 Å². The number of benzene rings is 1. The van der Waals surface area contributed by atoms with Crippen LogP contribution in [0.5, 0.6) is 11.5 Å². The number of fused-ring (bicyclic) bond motifs is 1. The summed E-state index contributed by atoms with van der Waals surface area (Å²) in [5.41, 5.74) is 0.539. The number of nitrogens with zero attached hydrogens (tertiary/aromatic N) is 3. The van der Waals surface area contributed by atoms with Crippen LogP contribution < -0.4 is 9.47 Å². The first-order valence-electron chi connectivity index (χ1n) is 8.10. The standard InChI is InChI=1S/C17H18ClN3O3/c18-14-8-12(9-15-16(14)24-11-23-15)17(22)21-7-2-1-4-13(21)10-20-6-3-5-19-20/h3,5-6,8-9,13H,1-2,4,7,10-11H2/t13-/m0/s1. The zero-order valence-corrected chi connectivity index (χ0v) is 13.9. The fourth-order valence-corrected chi connectivity index (χ4v) is 3.60. The quantitative estimate of drug-likeness (QED) is 0.856. The van der Waals surface area contributed by atoms with E-state index in [1.807, 2.05) is 21.8 Å². The number of carbonyl (C=O) groups excluding carboxylic acids is 1. The lowest BCUT2D eigenvalue weighted by Gasteiger charge is -2.35. The van der Waals surface area contributed by atoms with Gasteiger partial charge >= 0.3 is 0 Å². The van der Waals surface area contributed by atoms with Crippen LogP contribution in [0.4, 0.5) is 0 Å². The first kappa shape index (κ1) is 15.3. The molecule has 1 atom stereocenters. The number of hydrogen-bond acceptors (Lipinski definition) is 4. The third-order valence-electron chi connectivity index (χ3n) is 4.52. The highest BCUT2D eigenvalue weighted by molar-refractivity contribution is 6.32. The summed E-state index contributed by atoms with van der Waals surface area (Å²) in [6.07, 6.45) is 6.79. The van der Waals surface area contributed by atoms with E-state index in [-0.39, 0.29) is 18.7 Å². The Hall–Kier alpha value is -2.21. The predicted octanol–water partition coefficient (Wildman–Crippen LogP) is 2.96. The number of halogens is 1. The fraction of sp³-hybridized carbons (Fsp3) is 0.412. The second-order valence-electron chi connectivity index (χ2n) is 6.07. The monoisotopic (exact) mass is 347 g/mol. The molecular weight excluding hydrogens is 330 g/mol. The highest BCUT2D eigenvalue weighted by atomic mass is 35.5. The van der Waals surface area contributed by atoms with Gasteiger partial charge in [0.15, 0.2) is 11.5 Å². The summed E-state index contributed by atoms with van der Waals surface area (Å²) in [5, 5.41) is 4.67. The van der Waals surface area contributed by atoms with Crippen LogP contribution in [0.25, 0.3) is 0 Å². The zero-order valence-electron chi connectivity index (χ0n) is 13.2. The molecule has 1 saturated heterocycles. The van der Waals surface area contributed by atoms with Gasteiger partial charge in [0, 0.05) is 24.5 Å². The normalized spacial score (nSPS) is 19.5. The molecular formula is C17H18ClN3O3. The molecule has 6 nitrogen and oxygen atoms in total. The van der Waals surface area contributed by atoms with E-state index in [0.29, 0.717) is 28.6 Å². The Morgan fingerprint density at radius 3 is 3.08 bits per heavy atom. The van der Waals surface area contributed by atoms with E-state index >= 15 is 0 Å². The predicted molar refractivity (Wildman–Crippen MR) is 88.5 cm³/mol. The molecule has 126 valence electrons. The van der Waals surface area contributed by atoms with Gasteiger partial charge in [-0.25, -0.2) is 0 Å². The summed E-state index contributed by atoms with van der Waals surface area (Å²) in [6.45, 7) is 1.59. The minimum Gasteiger partial charge on any atom is -0.454 e. The molecule has 0 N–H and O–H groups in total. The van der Waals surface area contributed by atoms with Gasteiger partial charge in [0.2, 0.25) is 6.79 Å². The summed E-state index contributed by atoms with van der Waals surface area (Å²) in [6, 6.07) is 5.41. The van der Waals surface area contributed by atoms with E-state index in [9.17, 15) is 4.79 Å². The smallest absolute Gasteiger partial charge is 0.254 e. The lowest BCUT2D eigenvalue weighted by molar-refractivity contribution is 0.0583. The van der Waals surface area contributed by atoms with E-state index in [4.69, 9.17) is 21.1 Å². The van der Waals surface area contributed by atoms with Crippen molar-refractivity contribution in [3.63, 3.8) is 0 Å². The van der Waals surface area contributed by atoms with Crippen molar-refractivity contribution in [2.45, 2.75) is 31.8 Å². The molecule has 1 fully saturated rings. The Balaban J connectivity index is 1.58.